The van der Waals surface area contributed by atoms with Crippen molar-refractivity contribution in [3.05, 3.63) is 63.9 Å². The van der Waals surface area contributed by atoms with Gasteiger partial charge < -0.3 is 4.42 Å². The van der Waals surface area contributed by atoms with Crippen LogP contribution in [-0.4, -0.2) is 17.0 Å². The van der Waals surface area contributed by atoms with Gasteiger partial charge in [0.1, 0.15) is 4.92 Å². The summed E-state index contributed by atoms with van der Waals surface area (Å²) in [6.45, 7) is 0. The van der Waals surface area contributed by atoms with Crippen molar-refractivity contribution < 1.29 is 14.1 Å². The molecule has 2 aromatic rings. The number of carbonyl (C=O) groups excluding carboxylic acids is 1. The minimum absolute atomic E-state index is 0.0783. The Morgan fingerprint density at radius 3 is 2.77 bits per heavy atom. The molecule has 0 spiro atoms. The highest BCUT2D eigenvalue weighted by molar-refractivity contribution is 5.84. The van der Waals surface area contributed by atoms with E-state index in [9.17, 15) is 14.9 Å². The lowest BCUT2D eigenvalue weighted by Crippen LogP contribution is -2.20. The number of hydrazone groups is 1. The van der Waals surface area contributed by atoms with Crippen molar-refractivity contribution in [1.29, 1.82) is 0 Å². The lowest BCUT2D eigenvalue weighted by Gasteiger charge is -1.99. The molecule has 1 N–H and O–H groups in total. The van der Waals surface area contributed by atoms with Gasteiger partial charge in [-0.15, -0.1) is 0 Å². The van der Waals surface area contributed by atoms with E-state index < -0.39 is 4.92 Å². The van der Waals surface area contributed by atoms with E-state index in [4.69, 9.17) is 4.42 Å². The van der Waals surface area contributed by atoms with Gasteiger partial charge in [-0.2, -0.15) is 5.10 Å². The summed E-state index contributed by atoms with van der Waals surface area (Å²) in [6, 6.07) is 12.5. The number of nitrogens with zero attached hydrogens (tertiary/aromatic N) is 2. The first kappa shape index (κ1) is 14.0. The number of nitro groups is 1. The molecule has 1 heterocycles. The number of rotatable bonds is 5. The van der Waals surface area contributed by atoms with E-state index in [1.807, 2.05) is 30.3 Å². The zero-order valence-electron chi connectivity index (χ0n) is 11.5. The molecule has 1 aromatic heterocycles. The fraction of sp³-hybridized carbons (Fsp3) is 0.200. The zero-order chi connectivity index (χ0) is 15.5. The number of hydrogen-bond donors (Lipinski definition) is 1. The number of furan rings is 1. The molecule has 112 valence electrons. The van der Waals surface area contributed by atoms with Crippen molar-refractivity contribution in [3.63, 3.8) is 0 Å². The second kappa shape index (κ2) is 5.80. The van der Waals surface area contributed by atoms with E-state index in [-0.39, 0.29) is 29.4 Å². The Bertz CT molecular complexity index is 723. The van der Waals surface area contributed by atoms with Gasteiger partial charge in [-0.05, 0) is 24.0 Å². The molecule has 0 aliphatic heterocycles. The molecule has 2 unspecified atom stereocenters. The Hall–Kier alpha value is -2.96. The average Bonchev–Trinajstić information content (AvgIpc) is 3.19. The third-order valence-corrected chi connectivity index (χ3v) is 3.51. The van der Waals surface area contributed by atoms with E-state index in [0.29, 0.717) is 0 Å². The zero-order valence-corrected chi connectivity index (χ0v) is 11.5. The lowest BCUT2D eigenvalue weighted by atomic mass is 10.1. The number of nitrogens with one attached hydrogen (secondary N) is 1. The van der Waals surface area contributed by atoms with Gasteiger partial charge in [-0.1, -0.05) is 30.3 Å². The third-order valence-electron chi connectivity index (χ3n) is 3.51. The van der Waals surface area contributed by atoms with E-state index in [0.717, 1.165) is 12.0 Å². The second-order valence-electron chi connectivity index (χ2n) is 5.03. The highest BCUT2D eigenvalue weighted by Crippen LogP contribution is 2.47. The van der Waals surface area contributed by atoms with E-state index in [1.54, 1.807) is 0 Å². The van der Waals surface area contributed by atoms with Gasteiger partial charge in [0, 0.05) is 5.92 Å². The molecule has 7 heteroatoms. The number of carbonyl (C=O) groups is 1. The van der Waals surface area contributed by atoms with E-state index in [2.05, 4.69) is 10.5 Å². The molecule has 1 amide bonds. The molecule has 2 atom stereocenters. The van der Waals surface area contributed by atoms with Crippen molar-refractivity contribution in [1.82, 2.24) is 5.43 Å². The summed E-state index contributed by atoms with van der Waals surface area (Å²) < 4.78 is 4.89. The molecule has 7 nitrogen and oxygen atoms in total. The van der Waals surface area contributed by atoms with Crippen LogP contribution in [0, 0.1) is 16.0 Å². The van der Waals surface area contributed by atoms with Crippen LogP contribution in [0.4, 0.5) is 5.88 Å². The van der Waals surface area contributed by atoms with Crippen LogP contribution in [-0.2, 0) is 4.79 Å². The minimum Gasteiger partial charge on any atom is -0.400 e. The van der Waals surface area contributed by atoms with Crippen LogP contribution in [0.2, 0.25) is 0 Å². The Morgan fingerprint density at radius 1 is 1.32 bits per heavy atom. The lowest BCUT2D eigenvalue weighted by molar-refractivity contribution is -0.402. The molecule has 1 aliphatic carbocycles. The first-order chi connectivity index (χ1) is 10.6. The second-order valence-corrected chi connectivity index (χ2v) is 5.03. The maximum Gasteiger partial charge on any atom is 0.433 e. The van der Waals surface area contributed by atoms with Crippen molar-refractivity contribution in [2.24, 2.45) is 11.0 Å². The van der Waals surface area contributed by atoms with Gasteiger partial charge in [0.05, 0.1) is 12.3 Å². The maximum atomic E-state index is 11.9. The van der Waals surface area contributed by atoms with Crippen molar-refractivity contribution in [2.45, 2.75) is 12.3 Å². The van der Waals surface area contributed by atoms with E-state index in [1.165, 1.54) is 18.3 Å². The van der Waals surface area contributed by atoms with Gasteiger partial charge in [0.15, 0.2) is 5.76 Å². The molecule has 3 rings (SSSR count). The smallest absolute Gasteiger partial charge is 0.400 e. The number of benzene rings is 1. The SMILES string of the molecule is O=C(NN=Cc1ccc([N+](=O)[O-])o1)C1CC1c1ccccc1. The molecule has 1 aliphatic rings. The Balaban J connectivity index is 1.53. The molecule has 1 fully saturated rings. The predicted molar refractivity (Wildman–Crippen MR) is 78.4 cm³/mol. The molecule has 0 bridgehead atoms. The van der Waals surface area contributed by atoms with Crippen molar-refractivity contribution in [3.8, 4) is 0 Å². The van der Waals surface area contributed by atoms with Gasteiger partial charge in [0.2, 0.25) is 5.91 Å². The molecule has 1 aromatic carbocycles. The molecular formula is C15H13N3O4. The molecular weight excluding hydrogens is 286 g/mol. The Morgan fingerprint density at radius 2 is 2.09 bits per heavy atom. The summed E-state index contributed by atoms with van der Waals surface area (Å²) in [7, 11) is 0. The van der Waals surface area contributed by atoms with E-state index >= 15 is 0 Å². The topological polar surface area (TPSA) is 97.7 Å². The van der Waals surface area contributed by atoms with Crippen LogP contribution in [0.25, 0.3) is 0 Å². The normalized spacial score (nSPS) is 20.0. The van der Waals surface area contributed by atoms with Gasteiger partial charge in [-0.3, -0.25) is 14.9 Å². The Kier molecular flexibility index (Phi) is 3.69. The quantitative estimate of drug-likeness (QED) is 0.521. The minimum atomic E-state index is -0.634. The summed E-state index contributed by atoms with van der Waals surface area (Å²) >= 11 is 0. The van der Waals surface area contributed by atoms with Crippen molar-refractivity contribution in [2.75, 3.05) is 0 Å². The first-order valence-corrected chi connectivity index (χ1v) is 6.77. The standard InChI is InChI=1S/C15H13N3O4/c19-15(13-8-12(13)10-4-2-1-3-5-10)17-16-9-11-6-7-14(22-11)18(20)21/h1-7,9,12-13H,8H2,(H,17,19). The molecule has 0 radical (unpaired) electrons. The Labute approximate surface area is 125 Å². The summed E-state index contributed by atoms with van der Waals surface area (Å²) in [5, 5.41) is 14.2. The van der Waals surface area contributed by atoms with Crippen LogP contribution in [0.15, 0.2) is 52.0 Å². The van der Waals surface area contributed by atoms with Crippen LogP contribution < -0.4 is 5.43 Å². The fourth-order valence-electron chi connectivity index (χ4n) is 2.31. The summed E-state index contributed by atoms with van der Waals surface area (Å²) in [4.78, 5) is 21.8. The number of amides is 1. The third kappa shape index (κ3) is 3.03. The van der Waals surface area contributed by atoms with Crippen LogP contribution in [0.3, 0.4) is 0 Å². The number of hydrogen-bond acceptors (Lipinski definition) is 5. The molecule has 1 saturated carbocycles. The molecule has 0 saturated heterocycles. The fourth-order valence-corrected chi connectivity index (χ4v) is 2.31. The summed E-state index contributed by atoms with van der Waals surface area (Å²) in [5.74, 6) is -0.153. The monoisotopic (exact) mass is 299 g/mol. The van der Waals surface area contributed by atoms with Crippen LogP contribution in [0.5, 0.6) is 0 Å². The summed E-state index contributed by atoms with van der Waals surface area (Å²) in [5.41, 5.74) is 3.58. The average molecular weight is 299 g/mol. The maximum absolute atomic E-state index is 11.9. The van der Waals surface area contributed by atoms with Gasteiger partial charge in [0.25, 0.3) is 0 Å². The van der Waals surface area contributed by atoms with Crippen LogP contribution in [0.1, 0.15) is 23.7 Å². The largest absolute Gasteiger partial charge is 0.433 e. The highest BCUT2D eigenvalue weighted by Gasteiger charge is 2.43. The van der Waals surface area contributed by atoms with Crippen molar-refractivity contribution >= 4 is 18.0 Å². The van der Waals surface area contributed by atoms with Gasteiger partial charge in [-0.25, -0.2) is 5.43 Å². The highest BCUT2D eigenvalue weighted by atomic mass is 16.6. The first-order valence-electron chi connectivity index (χ1n) is 6.77. The molecule has 22 heavy (non-hydrogen) atoms. The summed E-state index contributed by atoms with van der Waals surface area (Å²) in [6.07, 6.45) is 2.04. The predicted octanol–water partition coefficient (Wildman–Crippen LogP) is 2.44. The van der Waals surface area contributed by atoms with Crippen LogP contribution >= 0.6 is 0 Å². The van der Waals surface area contributed by atoms with Gasteiger partial charge >= 0.3 is 5.88 Å².